The summed E-state index contributed by atoms with van der Waals surface area (Å²) in [5, 5.41) is 0. The van der Waals surface area contributed by atoms with Gasteiger partial charge in [0.1, 0.15) is 0 Å². The van der Waals surface area contributed by atoms with Gasteiger partial charge in [0, 0.05) is 32.0 Å². The predicted octanol–water partition coefficient (Wildman–Crippen LogP) is 1.03. The second-order valence-electron chi connectivity index (χ2n) is 3.49. The standard InChI is InChI=1S/C11H17N3/c1-10(6-12)8-14(2)9-11-4-3-5-13-7-11/h3-5,7H,1,6,8-9,12H2,2H3. The number of aromatic nitrogens is 1. The number of pyridine rings is 1. The highest BCUT2D eigenvalue weighted by molar-refractivity contribution is 5.09. The molecule has 1 aromatic rings. The maximum atomic E-state index is 5.48. The Kier molecular flexibility index (Phi) is 4.29. The van der Waals surface area contributed by atoms with Crippen LogP contribution < -0.4 is 5.73 Å². The molecule has 14 heavy (non-hydrogen) atoms. The van der Waals surface area contributed by atoms with Crippen LogP contribution in [0.5, 0.6) is 0 Å². The lowest BCUT2D eigenvalue weighted by Crippen LogP contribution is -2.23. The summed E-state index contributed by atoms with van der Waals surface area (Å²) in [7, 11) is 2.05. The van der Waals surface area contributed by atoms with Crippen LogP contribution in [0.15, 0.2) is 36.7 Å². The smallest absolute Gasteiger partial charge is 0.0312 e. The van der Waals surface area contributed by atoms with Crippen LogP contribution in [0.1, 0.15) is 5.56 Å². The van der Waals surface area contributed by atoms with Gasteiger partial charge >= 0.3 is 0 Å². The Balaban J connectivity index is 2.41. The van der Waals surface area contributed by atoms with Crippen molar-refractivity contribution in [3.8, 4) is 0 Å². The van der Waals surface area contributed by atoms with Crippen molar-refractivity contribution in [3.05, 3.63) is 42.2 Å². The first kappa shape index (κ1) is 10.9. The second kappa shape index (κ2) is 5.52. The lowest BCUT2D eigenvalue weighted by molar-refractivity contribution is 0.353. The van der Waals surface area contributed by atoms with E-state index in [0.29, 0.717) is 6.54 Å². The first-order valence-corrected chi connectivity index (χ1v) is 4.66. The molecule has 2 N–H and O–H groups in total. The molecule has 1 rings (SSSR count). The highest BCUT2D eigenvalue weighted by Crippen LogP contribution is 2.02. The molecule has 0 aliphatic carbocycles. The second-order valence-corrected chi connectivity index (χ2v) is 3.49. The average Bonchev–Trinajstić information content (AvgIpc) is 2.19. The van der Waals surface area contributed by atoms with Crippen LogP contribution in [0.4, 0.5) is 0 Å². The molecule has 1 heterocycles. The lowest BCUT2D eigenvalue weighted by atomic mass is 10.2. The summed E-state index contributed by atoms with van der Waals surface area (Å²) in [4.78, 5) is 6.24. The van der Waals surface area contributed by atoms with Gasteiger partial charge in [-0.25, -0.2) is 0 Å². The predicted molar refractivity (Wildman–Crippen MR) is 58.8 cm³/mol. The van der Waals surface area contributed by atoms with Gasteiger partial charge in [-0.3, -0.25) is 9.88 Å². The van der Waals surface area contributed by atoms with Crippen molar-refractivity contribution >= 4 is 0 Å². The van der Waals surface area contributed by atoms with Gasteiger partial charge in [0.15, 0.2) is 0 Å². The van der Waals surface area contributed by atoms with Crippen molar-refractivity contribution in [2.24, 2.45) is 5.73 Å². The fraction of sp³-hybridized carbons (Fsp3) is 0.364. The molecule has 0 unspecified atom stereocenters. The third-order valence-electron chi connectivity index (χ3n) is 1.96. The van der Waals surface area contributed by atoms with Crippen molar-refractivity contribution in [3.63, 3.8) is 0 Å². The molecule has 1 aromatic heterocycles. The van der Waals surface area contributed by atoms with Gasteiger partial charge in [0.05, 0.1) is 0 Å². The van der Waals surface area contributed by atoms with Crippen LogP contribution in [0, 0.1) is 0 Å². The van der Waals surface area contributed by atoms with E-state index < -0.39 is 0 Å². The topological polar surface area (TPSA) is 42.1 Å². The quantitative estimate of drug-likeness (QED) is 0.707. The minimum absolute atomic E-state index is 0.553. The third-order valence-corrected chi connectivity index (χ3v) is 1.96. The number of hydrogen-bond acceptors (Lipinski definition) is 3. The maximum absolute atomic E-state index is 5.48. The summed E-state index contributed by atoms with van der Waals surface area (Å²) in [5.41, 5.74) is 7.74. The molecule has 0 aliphatic heterocycles. The molecule has 0 fully saturated rings. The molecule has 3 heteroatoms. The van der Waals surface area contributed by atoms with Gasteiger partial charge in [-0.1, -0.05) is 12.6 Å². The Hall–Kier alpha value is -1.19. The molecule has 0 saturated carbocycles. The Morgan fingerprint density at radius 3 is 3.00 bits per heavy atom. The van der Waals surface area contributed by atoms with Crippen LogP contribution in [0.25, 0.3) is 0 Å². The van der Waals surface area contributed by atoms with E-state index >= 15 is 0 Å². The van der Waals surface area contributed by atoms with Crippen LogP contribution in [-0.4, -0.2) is 30.0 Å². The van der Waals surface area contributed by atoms with Crippen molar-refractivity contribution in [1.29, 1.82) is 0 Å². The van der Waals surface area contributed by atoms with Crippen LogP contribution >= 0.6 is 0 Å². The lowest BCUT2D eigenvalue weighted by Gasteiger charge is -2.17. The molecule has 0 atom stereocenters. The number of hydrogen-bond donors (Lipinski definition) is 1. The van der Waals surface area contributed by atoms with Gasteiger partial charge in [-0.2, -0.15) is 0 Å². The van der Waals surface area contributed by atoms with Crippen LogP contribution in [-0.2, 0) is 6.54 Å². The molecule has 0 aliphatic rings. The molecule has 0 saturated heterocycles. The van der Waals surface area contributed by atoms with E-state index in [4.69, 9.17) is 5.73 Å². The van der Waals surface area contributed by atoms with Crippen molar-refractivity contribution < 1.29 is 0 Å². The summed E-state index contributed by atoms with van der Waals surface area (Å²) in [6, 6.07) is 4.01. The van der Waals surface area contributed by atoms with E-state index in [0.717, 1.165) is 18.7 Å². The van der Waals surface area contributed by atoms with E-state index in [2.05, 4.69) is 22.5 Å². The number of likely N-dealkylation sites (N-methyl/N-ethyl adjacent to an activating group) is 1. The molecule has 3 nitrogen and oxygen atoms in total. The monoisotopic (exact) mass is 191 g/mol. The number of nitrogens with two attached hydrogens (primary N) is 1. The van der Waals surface area contributed by atoms with Crippen LogP contribution in [0.2, 0.25) is 0 Å². The molecule has 0 aromatic carbocycles. The Labute approximate surface area is 85.3 Å². The maximum Gasteiger partial charge on any atom is 0.0312 e. The van der Waals surface area contributed by atoms with E-state index in [1.807, 2.05) is 19.3 Å². The average molecular weight is 191 g/mol. The summed E-state index contributed by atoms with van der Waals surface area (Å²) >= 11 is 0. The van der Waals surface area contributed by atoms with E-state index in [1.54, 1.807) is 6.20 Å². The first-order chi connectivity index (χ1) is 6.72. The van der Waals surface area contributed by atoms with Gasteiger partial charge in [-0.15, -0.1) is 0 Å². The normalized spacial score (nSPS) is 10.5. The zero-order valence-corrected chi connectivity index (χ0v) is 8.61. The zero-order chi connectivity index (χ0) is 10.4. The summed E-state index contributed by atoms with van der Waals surface area (Å²) in [6.45, 7) is 6.15. The van der Waals surface area contributed by atoms with Gasteiger partial charge in [0.25, 0.3) is 0 Å². The van der Waals surface area contributed by atoms with E-state index in [9.17, 15) is 0 Å². The molecule has 0 amide bonds. The van der Waals surface area contributed by atoms with Crippen LogP contribution in [0.3, 0.4) is 0 Å². The number of nitrogens with zero attached hydrogens (tertiary/aromatic N) is 2. The van der Waals surface area contributed by atoms with Crippen molar-refractivity contribution in [2.45, 2.75) is 6.54 Å². The summed E-state index contributed by atoms with van der Waals surface area (Å²) in [5.74, 6) is 0. The summed E-state index contributed by atoms with van der Waals surface area (Å²) in [6.07, 6.45) is 3.66. The Bertz CT molecular complexity index is 282. The fourth-order valence-electron chi connectivity index (χ4n) is 1.31. The molecule has 0 radical (unpaired) electrons. The van der Waals surface area contributed by atoms with E-state index in [1.165, 1.54) is 5.56 Å². The van der Waals surface area contributed by atoms with E-state index in [-0.39, 0.29) is 0 Å². The van der Waals surface area contributed by atoms with Gasteiger partial charge in [-0.05, 0) is 24.3 Å². The number of rotatable bonds is 5. The molecule has 0 spiro atoms. The fourth-order valence-corrected chi connectivity index (χ4v) is 1.31. The van der Waals surface area contributed by atoms with Crippen molar-refractivity contribution in [1.82, 2.24) is 9.88 Å². The SMILES string of the molecule is C=C(CN)CN(C)Cc1cccnc1. The highest BCUT2D eigenvalue weighted by atomic mass is 15.1. The summed E-state index contributed by atoms with van der Waals surface area (Å²) < 4.78 is 0. The van der Waals surface area contributed by atoms with Gasteiger partial charge < -0.3 is 5.73 Å². The van der Waals surface area contributed by atoms with Crippen molar-refractivity contribution in [2.75, 3.05) is 20.1 Å². The third kappa shape index (κ3) is 3.68. The van der Waals surface area contributed by atoms with Gasteiger partial charge in [0.2, 0.25) is 0 Å². The first-order valence-electron chi connectivity index (χ1n) is 4.66. The molecular weight excluding hydrogens is 174 g/mol. The largest absolute Gasteiger partial charge is 0.327 e. The molecule has 76 valence electrons. The molecular formula is C11H17N3. The minimum atomic E-state index is 0.553. The Morgan fingerprint density at radius 2 is 2.43 bits per heavy atom. The zero-order valence-electron chi connectivity index (χ0n) is 8.61. The molecule has 0 bridgehead atoms. The minimum Gasteiger partial charge on any atom is -0.327 e. The Morgan fingerprint density at radius 1 is 1.64 bits per heavy atom. The highest BCUT2D eigenvalue weighted by Gasteiger charge is 2.00.